The Morgan fingerprint density at radius 2 is 2.05 bits per heavy atom. The summed E-state index contributed by atoms with van der Waals surface area (Å²) in [7, 11) is 3.79. The third-order valence-corrected chi connectivity index (χ3v) is 4.37. The number of methoxy groups -OCH3 is 1. The molecule has 114 valence electrons. The van der Waals surface area contributed by atoms with Crippen LogP contribution in [0.2, 0.25) is 0 Å². The summed E-state index contributed by atoms with van der Waals surface area (Å²) in [4.78, 5) is 2.46. The number of hydrogen-bond acceptors (Lipinski definition) is 4. The Balaban J connectivity index is 1.78. The number of fused-ring (bicyclic) bond motifs is 1. The Bertz CT molecular complexity index is 585. The highest BCUT2D eigenvalue weighted by atomic mass is 16.5. The van der Waals surface area contributed by atoms with Crippen molar-refractivity contribution in [1.29, 1.82) is 0 Å². The van der Waals surface area contributed by atoms with E-state index in [2.05, 4.69) is 28.4 Å². The van der Waals surface area contributed by atoms with Crippen molar-refractivity contribution >= 4 is 11.0 Å². The van der Waals surface area contributed by atoms with Crippen LogP contribution in [0.25, 0.3) is 11.0 Å². The fourth-order valence-electron chi connectivity index (χ4n) is 3.15. The van der Waals surface area contributed by atoms with E-state index in [0.29, 0.717) is 6.10 Å². The molecule has 1 fully saturated rings. The van der Waals surface area contributed by atoms with E-state index in [9.17, 15) is 0 Å². The molecular formula is C17H24N2O2. The number of hydrogen-bond donors (Lipinski definition) is 1. The molecule has 2 heterocycles. The normalized spacial score (nSPS) is 17.6. The van der Waals surface area contributed by atoms with Gasteiger partial charge in [-0.15, -0.1) is 0 Å². The van der Waals surface area contributed by atoms with Gasteiger partial charge < -0.3 is 14.5 Å². The molecule has 0 radical (unpaired) electrons. The lowest BCUT2D eigenvalue weighted by Gasteiger charge is -2.30. The quantitative estimate of drug-likeness (QED) is 0.918. The summed E-state index contributed by atoms with van der Waals surface area (Å²) in [5.74, 6) is 1.10. The van der Waals surface area contributed by atoms with Crippen molar-refractivity contribution in [2.45, 2.75) is 32.0 Å². The van der Waals surface area contributed by atoms with Gasteiger partial charge in [-0.05, 0) is 26.0 Å². The summed E-state index contributed by atoms with van der Waals surface area (Å²) < 4.78 is 11.5. The zero-order chi connectivity index (χ0) is 14.7. The molecule has 21 heavy (non-hydrogen) atoms. The smallest absolute Gasteiger partial charge is 0.134 e. The second-order valence-corrected chi connectivity index (χ2v) is 5.74. The number of nitrogens with one attached hydrogen (secondary N) is 1. The number of nitrogens with zero attached hydrogens (tertiary/aromatic N) is 1. The van der Waals surface area contributed by atoms with E-state index < -0.39 is 0 Å². The molecule has 2 aromatic rings. The minimum Gasteiger partial charge on any atom is -0.459 e. The van der Waals surface area contributed by atoms with Crippen LogP contribution in [0.3, 0.4) is 0 Å². The van der Waals surface area contributed by atoms with Gasteiger partial charge in [-0.1, -0.05) is 18.2 Å². The highest BCUT2D eigenvalue weighted by Gasteiger charge is 2.21. The molecule has 1 aliphatic rings. The van der Waals surface area contributed by atoms with E-state index in [4.69, 9.17) is 9.15 Å². The fourth-order valence-corrected chi connectivity index (χ4v) is 3.15. The molecule has 1 aromatic heterocycles. The maximum absolute atomic E-state index is 6.09. The summed E-state index contributed by atoms with van der Waals surface area (Å²) in [6.07, 6.45) is 2.64. The number of furan rings is 1. The van der Waals surface area contributed by atoms with Crippen LogP contribution >= 0.6 is 0 Å². The topological polar surface area (TPSA) is 37.6 Å². The molecular weight excluding hydrogens is 264 g/mol. The molecule has 0 spiro atoms. The summed E-state index contributed by atoms with van der Waals surface area (Å²) in [5, 5.41) is 4.49. The van der Waals surface area contributed by atoms with Gasteiger partial charge in [-0.3, -0.25) is 4.90 Å². The lowest BCUT2D eigenvalue weighted by Crippen LogP contribution is -2.36. The Morgan fingerprint density at radius 1 is 1.29 bits per heavy atom. The first-order valence-electron chi connectivity index (χ1n) is 7.71. The molecule has 0 aliphatic carbocycles. The van der Waals surface area contributed by atoms with Gasteiger partial charge >= 0.3 is 0 Å². The van der Waals surface area contributed by atoms with Gasteiger partial charge in [0.1, 0.15) is 11.3 Å². The summed E-state index contributed by atoms with van der Waals surface area (Å²) in [6, 6.07) is 8.30. The maximum Gasteiger partial charge on any atom is 0.134 e. The fraction of sp³-hybridized carbons (Fsp3) is 0.529. The number of likely N-dealkylation sites (tertiary alicyclic amines) is 1. The Labute approximate surface area is 126 Å². The summed E-state index contributed by atoms with van der Waals surface area (Å²) >= 11 is 0. The number of piperidine rings is 1. The standard InChI is InChI=1S/C17H24N2O2/c1-18-11-15-14-5-3-4-6-16(14)21-17(15)12-19-9-7-13(20-2)8-10-19/h3-6,13,18H,7-12H2,1-2H3. The Hall–Kier alpha value is -1.36. The molecule has 1 aromatic carbocycles. The highest BCUT2D eigenvalue weighted by molar-refractivity contribution is 5.82. The molecule has 0 saturated carbocycles. The van der Waals surface area contributed by atoms with Crippen molar-refractivity contribution in [3.63, 3.8) is 0 Å². The second-order valence-electron chi connectivity index (χ2n) is 5.74. The number of benzene rings is 1. The predicted octanol–water partition coefficient (Wildman–Crippen LogP) is 2.76. The molecule has 0 amide bonds. The van der Waals surface area contributed by atoms with Gasteiger partial charge in [-0.2, -0.15) is 0 Å². The first-order chi connectivity index (χ1) is 10.3. The zero-order valence-corrected chi connectivity index (χ0v) is 12.9. The molecule has 3 rings (SSSR count). The van der Waals surface area contributed by atoms with Gasteiger partial charge in [-0.25, -0.2) is 0 Å². The van der Waals surface area contributed by atoms with Crippen LogP contribution in [-0.4, -0.2) is 38.3 Å². The lowest BCUT2D eigenvalue weighted by molar-refractivity contribution is 0.0370. The first-order valence-corrected chi connectivity index (χ1v) is 7.71. The molecule has 4 nitrogen and oxygen atoms in total. The molecule has 0 unspecified atom stereocenters. The van der Waals surface area contributed by atoms with Gasteiger partial charge in [0.05, 0.1) is 12.6 Å². The number of para-hydroxylation sites is 1. The third-order valence-electron chi connectivity index (χ3n) is 4.37. The van der Waals surface area contributed by atoms with Crippen molar-refractivity contribution in [3.05, 3.63) is 35.6 Å². The van der Waals surface area contributed by atoms with Crippen molar-refractivity contribution in [2.24, 2.45) is 0 Å². The zero-order valence-electron chi connectivity index (χ0n) is 12.9. The monoisotopic (exact) mass is 288 g/mol. The van der Waals surface area contributed by atoms with Gasteiger partial charge in [0, 0.05) is 37.7 Å². The van der Waals surface area contributed by atoms with E-state index in [0.717, 1.165) is 50.4 Å². The van der Waals surface area contributed by atoms with Crippen LogP contribution in [0.15, 0.2) is 28.7 Å². The number of ether oxygens (including phenoxy) is 1. The van der Waals surface area contributed by atoms with E-state index in [1.807, 2.05) is 20.2 Å². The average Bonchev–Trinajstić information content (AvgIpc) is 2.86. The molecule has 4 heteroatoms. The number of rotatable bonds is 5. The van der Waals surface area contributed by atoms with E-state index in [1.165, 1.54) is 10.9 Å². The Morgan fingerprint density at radius 3 is 2.76 bits per heavy atom. The molecule has 1 N–H and O–H groups in total. The molecule has 0 bridgehead atoms. The summed E-state index contributed by atoms with van der Waals surface area (Å²) in [5.41, 5.74) is 2.28. The predicted molar refractivity (Wildman–Crippen MR) is 84.3 cm³/mol. The Kier molecular flexibility index (Phi) is 4.58. The largest absolute Gasteiger partial charge is 0.459 e. The maximum atomic E-state index is 6.09. The van der Waals surface area contributed by atoms with Crippen molar-refractivity contribution < 1.29 is 9.15 Å². The van der Waals surface area contributed by atoms with E-state index >= 15 is 0 Å². The van der Waals surface area contributed by atoms with Gasteiger partial charge in [0.15, 0.2) is 0 Å². The van der Waals surface area contributed by atoms with Crippen molar-refractivity contribution in [1.82, 2.24) is 10.2 Å². The van der Waals surface area contributed by atoms with Crippen LogP contribution in [0.4, 0.5) is 0 Å². The minimum absolute atomic E-state index is 0.425. The highest BCUT2D eigenvalue weighted by Crippen LogP contribution is 2.27. The van der Waals surface area contributed by atoms with Crippen LogP contribution < -0.4 is 5.32 Å². The second kappa shape index (κ2) is 6.60. The van der Waals surface area contributed by atoms with Crippen LogP contribution in [0.5, 0.6) is 0 Å². The van der Waals surface area contributed by atoms with Crippen molar-refractivity contribution in [2.75, 3.05) is 27.2 Å². The van der Waals surface area contributed by atoms with Crippen molar-refractivity contribution in [3.8, 4) is 0 Å². The third kappa shape index (κ3) is 3.12. The first kappa shape index (κ1) is 14.6. The van der Waals surface area contributed by atoms with Gasteiger partial charge in [0.2, 0.25) is 0 Å². The minimum atomic E-state index is 0.425. The van der Waals surface area contributed by atoms with Crippen LogP contribution in [-0.2, 0) is 17.8 Å². The van der Waals surface area contributed by atoms with E-state index in [1.54, 1.807) is 0 Å². The molecule has 1 aliphatic heterocycles. The summed E-state index contributed by atoms with van der Waals surface area (Å²) in [6.45, 7) is 3.89. The van der Waals surface area contributed by atoms with Gasteiger partial charge in [0.25, 0.3) is 0 Å². The van der Waals surface area contributed by atoms with E-state index in [-0.39, 0.29) is 0 Å². The molecule has 1 saturated heterocycles. The molecule has 0 atom stereocenters. The lowest BCUT2D eigenvalue weighted by atomic mass is 10.1. The van der Waals surface area contributed by atoms with Crippen LogP contribution in [0.1, 0.15) is 24.2 Å². The SMILES string of the molecule is CNCc1c(CN2CCC(OC)CC2)oc2ccccc12. The van der Waals surface area contributed by atoms with Crippen LogP contribution in [0, 0.1) is 0 Å². The average molecular weight is 288 g/mol.